The van der Waals surface area contributed by atoms with Gasteiger partial charge >= 0.3 is 0 Å². The minimum Gasteiger partial charge on any atom is -0.297 e. The van der Waals surface area contributed by atoms with Gasteiger partial charge in [-0.05, 0) is 26.8 Å². The highest BCUT2D eigenvalue weighted by Crippen LogP contribution is 2.09. The van der Waals surface area contributed by atoms with Crippen molar-refractivity contribution in [2.75, 3.05) is 6.54 Å². The predicted octanol–water partition coefficient (Wildman–Crippen LogP) is 1.00. The van der Waals surface area contributed by atoms with Crippen LogP contribution in [0.15, 0.2) is 0 Å². The molecule has 0 rings (SSSR count). The Kier molecular flexibility index (Phi) is 4.16. The summed E-state index contributed by atoms with van der Waals surface area (Å²) in [5.41, 5.74) is 0. The van der Waals surface area contributed by atoms with E-state index in [4.69, 9.17) is 4.55 Å². The van der Waals surface area contributed by atoms with Crippen molar-refractivity contribution in [3.05, 3.63) is 0 Å². The summed E-state index contributed by atoms with van der Waals surface area (Å²) in [6, 6.07) is 0. The summed E-state index contributed by atoms with van der Waals surface area (Å²) in [4.78, 5) is -1.23. The maximum absolute atomic E-state index is 10.7. The number of hydrogen-bond acceptors (Lipinski definition) is 3. The second-order valence-electron chi connectivity index (χ2n) is 3.27. The highest BCUT2D eigenvalue weighted by molar-refractivity contribution is 7.87. The quantitative estimate of drug-likeness (QED) is 0.507. The van der Waals surface area contributed by atoms with E-state index in [0.29, 0.717) is 6.54 Å². The van der Waals surface area contributed by atoms with Gasteiger partial charge in [0.15, 0.2) is 0 Å². The van der Waals surface area contributed by atoms with E-state index in [1.165, 1.54) is 13.8 Å². The Morgan fingerprint density at radius 2 is 1.92 bits per heavy atom. The second kappa shape index (κ2) is 4.20. The number of rotatable bonds is 5. The first-order valence-electron chi connectivity index (χ1n) is 4.03. The molecule has 0 aliphatic heterocycles. The molecule has 0 aromatic heterocycles. The number of nitrogens with one attached hydrogen (secondary N) is 1. The zero-order valence-corrected chi connectivity index (χ0v) is 8.61. The van der Waals surface area contributed by atoms with E-state index >= 15 is 0 Å². The highest BCUT2D eigenvalue weighted by Gasteiger charge is 2.31. The van der Waals surface area contributed by atoms with Gasteiger partial charge in [-0.2, -0.15) is 8.42 Å². The van der Waals surface area contributed by atoms with Gasteiger partial charge in [0.2, 0.25) is 0 Å². The normalized spacial score (nSPS) is 13.3. The van der Waals surface area contributed by atoms with Crippen LogP contribution in [-0.4, -0.2) is 24.4 Å². The third-order valence-electron chi connectivity index (χ3n) is 1.73. The van der Waals surface area contributed by atoms with Gasteiger partial charge in [-0.15, -0.1) is 0 Å². The molecule has 0 spiro atoms. The van der Waals surface area contributed by atoms with Gasteiger partial charge in [0.1, 0.15) is 4.87 Å². The van der Waals surface area contributed by atoms with Crippen molar-refractivity contribution < 1.29 is 13.0 Å². The summed E-state index contributed by atoms with van der Waals surface area (Å²) in [5, 5.41) is 2.76. The fourth-order valence-electron chi connectivity index (χ4n) is 0.657. The molecule has 0 bridgehead atoms. The molecule has 0 heterocycles. The molecule has 0 aromatic rings. The monoisotopic (exact) mass is 195 g/mol. The maximum Gasteiger partial charge on any atom is 0.283 e. The van der Waals surface area contributed by atoms with Crippen LogP contribution in [0, 0.1) is 0 Å². The lowest BCUT2D eigenvalue weighted by atomic mass is 10.3. The molecule has 0 radical (unpaired) electrons. The second-order valence-corrected chi connectivity index (χ2v) is 5.24. The molecule has 0 saturated carbocycles. The summed E-state index contributed by atoms with van der Waals surface area (Å²) in [6.07, 6.45) is 1.90. The Morgan fingerprint density at radius 3 is 2.25 bits per heavy atom. The summed E-state index contributed by atoms with van der Waals surface area (Å²) in [5.74, 6) is 0. The fourth-order valence-corrected chi connectivity index (χ4v) is 0.942. The fraction of sp³-hybridized carbons (Fsp3) is 1.00. The van der Waals surface area contributed by atoms with E-state index < -0.39 is 15.0 Å². The van der Waals surface area contributed by atoms with E-state index in [1.807, 2.05) is 6.92 Å². The summed E-state index contributed by atoms with van der Waals surface area (Å²) >= 11 is 0. The van der Waals surface area contributed by atoms with Crippen molar-refractivity contribution >= 4 is 10.1 Å². The first-order chi connectivity index (χ1) is 5.31. The predicted molar refractivity (Wildman–Crippen MR) is 48.5 cm³/mol. The molecule has 5 heteroatoms. The summed E-state index contributed by atoms with van der Waals surface area (Å²) in [7, 11) is -3.99. The smallest absolute Gasteiger partial charge is 0.283 e. The number of hydrogen-bond donors (Lipinski definition) is 2. The zero-order chi connectivity index (χ0) is 9.83. The van der Waals surface area contributed by atoms with Crippen LogP contribution >= 0.6 is 0 Å². The van der Waals surface area contributed by atoms with Crippen LogP contribution < -0.4 is 5.32 Å². The molecule has 0 aliphatic rings. The molecule has 12 heavy (non-hydrogen) atoms. The average Bonchev–Trinajstić information content (AvgIpc) is 1.85. The van der Waals surface area contributed by atoms with Gasteiger partial charge in [0.05, 0.1) is 0 Å². The van der Waals surface area contributed by atoms with Crippen LogP contribution in [-0.2, 0) is 10.1 Å². The Bertz CT molecular complexity index is 221. The van der Waals surface area contributed by atoms with Gasteiger partial charge in [0.25, 0.3) is 10.1 Å². The van der Waals surface area contributed by atoms with Crippen LogP contribution in [0.3, 0.4) is 0 Å². The molecular formula is C7H17NO3S. The standard InChI is InChI=1S/C7H17NO3S/c1-4-5-6-8-7(2,3)12(9,10)11/h8H,4-6H2,1-3H3,(H,9,10,11). The first-order valence-corrected chi connectivity index (χ1v) is 5.47. The molecular weight excluding hydrogens is 178 g/mol. The lowest BCUT2D eigenvalue weighted by Gasteiger charge is -2.22. The van der Waals surface area contributed by atoms with Crippen molar-refractivity contribution in [1.82, 2.24) is 5.32 Å². The number of unbranched alkanes of at least 4 members (excludes halogenated alkanes) is 1. The van der Waals surface area contributed by atoms with Crippen molar-refractivity contribution in [1.29, 1.82) is 0 Å². The maximum atomic E-state index is 10.7. The zero-order valence-electron chi connectivity index (χ0n) is 7.79. The van der Waals surface area contributed by atoms with E-state index in [-0.39, 0.29) is 0 Å². The Labute approximate surface area is 74.1 Å². The van der Waals surface area contributed by atoms with Crippen LogP contribution in [0.4, 0.5) is 0 Å². The van der Waals surface area contributed by atoms with Gasteiger partial charge in [-0.25, -0.2) is 0 Å². The van der Waals surface area contributed by atoms with Gasteiger partial charge in [-0.1, -0.05) is 13.3 Å². The van der Waals surface area contributed by atoms with Crippen LogP contribution in [0.5, 0.6) is 0 Å². The summed E-state index contributed by atoms with van der Waals surface area (Å²) in [6.45, 7) is 5.50. The molecule has 0 fully saturated rings. The minimum atomic E-state index is -3.99. The molecule has 0 amide bonds. The molecule has 0 atom stereocenters. The van der Waals surface area contributed by atoms with Crippen molar-refractivity contribution in [2.24, 2.45) is 0 Å². The molecule has 4 nitrogen and oxygen atoms in total. The average molecular weight is 195 g/mol. The Balaban J connectivity index is 4.06. The highest BCUT2D eigenvalue weighted by atomic mass is 32.2. The lowest BCUT2D eigenvalue weighted by Crippen LogP contribution is -2.46. The van der Waals surface area contributed by atoms with Crippen LogP contribution in [0.25, 0.3) is 0 Å². The van der Waals surface area contributed by atoms with Crippen molar-refractivity contribution in [3.63, 3.8) is 0 Å². The molecule has 0 aliphatic carbocycles. The van der Waals surface area contributed by atoms with E-state index in [9.17, 15) is 8.42 Å². The van der Waals surface area contributed by atoms with Crippen LogP contribution in [0.1, 0.15) is 33.6 Å². The Morgan fingerprint density at radius 1 is 1.42 bits per heavy atom. The minimum absolute atomic E-state index is 0.600. The summed E-state index contributed by atoms with van der Waals surface area (Å²) < 4.78 is 30.2. The molecule has 0 saturated heterocycles. The van der Waals surface area contributed by atoms with E-state index in [1.54, 1.807) is 0 Å². The van der Waals surface area contributed by atoms with E-state index in [0.717, 1.165) is 12.8 Å². The topological polar surface area (TPSA) is 66.4 Å². The largest absolute Gasteiger partial charge is 0.297 e. The van der Waals surface area contributed by atoms with Gasteiger partial charge < -0.3 is 0 Å². The van der Waals surface area contributed by atoms with Crippen molar-refractivity contribution in [2.45, 2.75) is 38.5 Å². The van der Waals surface area contributed by atoms with Crippen LogP contribution in [0.2, 0.25) is 0 Å². The van der Waals surface area contributed by atoms with Gasteiger partial charge in [0, 0.05) is 0 Å². The van der Waals surface area contributed by atoms with Crippen molar-refractivity contribution in [3.8, 4) is 0 Å². The van der Waals surface area contributed by atoms with Gasteiger partial charge in [-0.3, -0.25) is 9.87 Å². The molecule has 0 unspecified atom stereocenters. The lowest BCUT2D eigenvalue weighted by molar-refractivity contribution is 0.404. The third-order valence-corrected chi connectivity index (χ3v) is 3.16. The molecule has 2 N–H and O–H groups in total. The third kappa shape index (κ3) is 3.51. The molecule has 74 valence electrons. The molecule has 0 aromatic carbocycles. The van der Waals surface area contributed by atoms with E-state index in [2.05, 4.69) is 5.32 Å². The Hall–Kier alpha value is -0.130. The first kappa shape index (κ1) is 11.9. The SMILES string of the molecule is CCCCNC(C)(C)S(=O)(=O)O.